The van der Waals surface area contributed by atoms with Gasteiger partial charge in [-0.2, -0.15) is 0 Å². The maximum atomic E-state index is 10.9. The zero-order valence-electron chi connectivity index (χ0n) is 17.0. The molecule has 4 aromatic rings. The number of phenolic OH excluding ortho intramolecular Hbond substituents is 1. The fraction of sp³-hybridized carbons (Fsp3) is 0.0435. The standard InChI is InChI=1S/C15H11NSe.C8H10AsNO5/c1-2-6-12(7-3-1)17-15-10-4-9-14-13(15)8-5-11-16-14;1-5(11)10-7-4-6(9(13,14)15)2-3-8(7)12/h1-11H;2-4,12H,1H3,(H,10,11)(H2,13,14,15). The Morgan fingerprint density at radius 3 is 2.41 bits per heavy atom. The fourth-order valence-electron chi connectivity index (χ4n) is 2.77. The van der Waals surface area contributed by atoms with E-state index >= 15 is 0 Å². The summed E-state index contributed by atoms with van der Waals surface area (Å²) in [6.07, 6.45) is 1.85. The summed E-state index contributed by atoms with van der Waals surface area (Å²) in [4.78, 5) is 15.1. The van der Waals surface area contributed by atoms with E-state index in [1.807, 2.05) is 12.3 Å². The number of carbonyl (C=O) groups is 1. The van der Waals surface area contributed by atoms with Crippen LogP contribution < -0.4 is 18.6 Å². The van der Waals surface area contributed by atoms with Gasteiger partial charge in [-0.05, 0) is 0 Å². The summed E-state index contributed by atoms with van der Waals surface area (Å²) in [6, 6.07) is 24.5. The van der Waals surface area contributed by atoms with Crippen molar-refractivity contribution >= 4 is 64.9 Å². The van der Waals surface area contributed by atoms with Crippen LogP contribution in [0.1, 0.15) is 6.92 Å². The van der Waals surface area contributed by atoms with E-state index in [1.165, 1.54) is 21.2 Å². The summed E-state index contributed by atoms with van der Waals surface area (Å²) in [5.41, 5.74) is 1.08. The summed E-state index contributed by atoms with van der Waals surface area (Å²) in [5, 5.41) is 12.8. The Labute approximate surface area is 194 Å². The Morgan fingerprint density at radius 1 is 0.969 bits per heavy atom. The molecule has 4 N–H and O–H groups in total. The first-order valence-corrected chi connectivity index (χ1v) is 14.6. The molecule has 0 spiro atoms. The number of fused-ring (bicyclic) bond motifs is 1. The Kier molecular flexibility index (Phi) is 7.91. The van der Waals surface area contributed by atoms with Gasteiger partial charge >= 0.3 is 195 Å². The van der Waals surface area contributed by atoms with Crippen molar-refractivity contribution < 1.29 is 21.8 Å². The van der Waals surface area contributed by atoms with Crippen molar-refractivity contribution in [3.05, 3.63) is 85.1 Å². The van der Waals surface area contributed by atoms with Gasteiger partial charge in [0, 0.05) is 0 Å². The molecular weight excluding hydrogens is 538 g/mol. The number of nitrogens with zero attached hydrogens (tertiary/aromatic N) is 1. The molecule has 7 nitrogen and oxygen atoms in total. The van der Waals surface area contributed by atoms with Crippen LogP contribution >= 0.6 is 0 Å². The molecule has 9 heteroatoms. The number of anilines is 1. The van der Waals surface area contributed by atoms with E-state index in [4.69, 9.17) is 8.19 Å². The van der Waals surface area contributed by atoms with Gasteiger partial charge in [0.25, 0.3) is 0 Å². The van der Waals surface area contributed by atoms with Crippen LogP contribution in [0.2, 0.25) is 0 Å². The number of benzene rings is 3. The number of pyridine rings is 1. The van der Waals surface area contributed by atoms with E-state index in [0.29, 0.717) is 15.0 Å². The van der Waals surface area contributed by atoms with Gasteiger partial charge in [0.1, 0.15) is 0 Å². The number of carbonyl (C=O) groups excluding carboxylic acids is 1. The number of rotatable bonds is 4. The Balaban J connectivity index is 0.000000183. The molecule has 0 saturated carbocycles. The molecule has 0 aliphatic carbocycles. The molecule has 1 heterocycles. The Hall–Kier alpha value is -2.86. The molecule has 164 valence electrons. The van der Waals surface area contributed by atoms with E-state index in [1.54, 1.807) is 0 Å². The second-order valence-electron chi connectivity index (χ2n) is 6.67. The SMILES string of the molecule is CC(=O)Nc1cc([As](=O)(O)O)ccc1O.c1ccc([Se]c2cccc3ncccc23)cc1. The molecule has 0 aliphatic heterocycles. The molecule has 0 saturated heterocycles. The summed E-state index contributed by atoms with van der Waals surface area (Å²) in [5.74, 6) is -0.668. The molecule has 0 bridgehead atoms. The fourth-order valence-corrected chi connectivity index (χ4v) is 6.01. The number of aromatic nitrogens is 1. The third-order valence-corrected chi connectivity index (χ3v) is 8.47. The molecule has 0 fully saturated rings. The van der Waals surface area contributed by atoms with Crippen molar-refractivity contribution in [2.75, 3.05) is 5.32 Å². The number of hydrogen-bond acceptors (Lipinski definition) is 4. The van der Waals surface area contributed by atoms with Crippen molar-refractivity contribution in [2.45, 2.75) is 6.92 Å². The van der Waals surface area contributed by atoms with E-state index in [2.05, 4.69) is 64.9 Å². The molecular formula is C23H21AsN2O5Se. The van der Waals surface area contributed by atoms with Crippen LogP contribution in [0.3, 0.4) is 0 Å². The minimum absolute atomic E-state index is 0.00951. The van der Waals surface area contributed by atoms with Crippen LogP contribution in [-0.4, -0.2) is 53.3 Å². The van der Waals surface area contributed by atoms with Gasteiger partial charge in [-0.15, -0.1) is 0 Å². The maximum absolute atomic E-state index is 10.9. The molecule has 0 atom stereocenters. The predicted octanol–water partition coefficient (Wildman–Crippen LogP) is 0.801. The van der Waals surface area contributed by atoms with Gasteiger partial charge in [0.05, 0.1) is 0 Å². The van der Waals surface area contributed by atoms with E-state index in [9.17, 15) is 13.6 Å². The van der Waals surface area contributed by atoms with Gasteiger partial charge < -0.3 is 0 Å². The van der Waals surface area contributed by atoms with Gasteiger partial charge in [0.2, 0.25) is 0 Å². The third-order valence-electron chi connectivity index (χ3n) is 4.20. The number of nitrogens with one attached hydrogen (secondary N) is 1. The van der Waals surface area contributed by atoms with Crippen molar-refractivity contribution in [2.24, 2.45) is 0 Å². The third kappa shape index (κ3) is 6.57. The van der Waals surface area contributed by atoms with Crippen LogP contribution in [0.25, 0.3) is 10.9 Å². The first kappa shape index (κ1) is 23.8. The zero-order valence-corrected chi connectivity index (χ0v) is 20.6. The van der Waals surface area contributed by atoms with Crippen LogP contribution in [0.15, 0.2) is 85.1 Å². The average Bonchev–Trinajstić information content (AvgIpc) is 2.76. The van der Waals surface area contributed by atoms with Crippen LogP contribution in [0.4, 0.5) is 5.69 Å². The monoisotopic (exact) mass is 560 g/mol. The quantitative estimate of drug-likeness (QED) is 0.217. The molecule has 1 amide bonds. The molecule has 0 aliphatic rings. The molecule has 4 rings (SSSR count). The van der Waals surface area contributed by atoms with Crippen LogP contribution in [0.5, 0.6) is 5.75 Å². The van der Waals surface area contributed by atoms with Crippen LogP contribution in [0, 0.1) is 0 Å². The average molecular weight is 559 g/mol. The Morgan fingerprint density at radius 2 is 1.72 bits per heavy atom. The van der Waals surface area contributed by atoms with E-state index in [0.717, 1.165) is 23.7 Å². The molecule has 0 unspecified atom stereocenters. The van der Waals surface area contributed by atoms with Gasteiger partial charge in [-0.1, -0.05) is 0 Å². The number of amides is 1. The number of phenols is 1. The zero-order chi connectivity index (χ0) is 23.1. The predicted molar refractivity (Wildman–Crippen MR) is 126 cm³/mol. The summed E-state index contributed by atoms with van der Waals surface area (Å²) in [7, 11) is 0. The van der Waals surface area contributed by atoms with E-state index < -0.39 is 20.1 Å². The van der Waals surface area contributed by atoms with Gasteiger partial charge in [0.15, 0.2) is 0 Å². The topological polar surface area (TPSA) is 120 Å². The minimum atomic E-state index is -4.98. The van der Waals surface area contributed by atoms with Crippen molar-refractivity contribution in [3.63, 3.8) is 0 Å². The number of aromatic hydroxyl groups is 1. The van der Waals surface area contributed by atoms with Gasteiger partial charge in [-0.25, -0.2) is 0 Å². The Bertz CT molecular complexity index is 1270. The normalized spacial score (nSPS) is 10.8. The van der Waals surface area contributed by atoms with E-state index in [-0.39, 0.29) is 15.8 Å². The van der Waals surface area contributed by atoms with Crippen LogP contribution in [-0.2, 0) is 8.53 Å². The molecule has 1 aromatic heterocycles. The first-order valence-electron chi connectivity index (χ1n) is 9.47. The molecule has 32 heavy (non-hydrogen) atoms. The summed E-state index contributed by atoms with van der Waals surface area (Å²) < 4.78 is 31.4. The van der Waals surface area contributed by atoms with Gasteiger partial charge in [-0.3, -0.25) is 0 Å². The van der Waals surface area contributed by atoms with Crippen molar-refractivity contribution in [1.82, 2.24) is 4.98 Å². The summed E-state index contributed by atoms with van der Waals surface area (Å²) in [6.45, 7) is 1.23. The second kappa shape index (κ2) is 10.6. The molecule has 0 radical (unpaired) electrons. The number of hydrogen-bond donors (Lipinski definition) is 4. The van der Waals surface area contributed by atoms with Crippen molar-refractivity contribution in [3.8, 4) is 5.75 Å². The first-order chi connectivity index (χ1) is 15.2. The second-order valence-corrected chi connectivity index (χ2v) is 12.4. The summed E-state index contributed by atoms with van der Waals surface area (Å²) >= 11 is -4.63. The van der Waals surface area contributed by atoms with Crippen molar-refractivity contribution in [1.29, 1.82) is 0 Å². The molecule has 3 aromatic carbocycles.